The summed E-state index contributed by atoms with van der Waals surface area (Å²) >= 11 is 3.45. The molecule has 4 aromatic rings. The van der Waals surface area contributed by atoms with Crippen LogP contribution < -0.4 is 9.62 Å². The van der Waals surface area contributed by atoms with Crippen LogP contribution in [0.1, 0.15) is 43.2 Å². The van der Waals surface area contributed by atoms with Crippen molar-refractivity contribution in [2.75, 3.05) is 10.8 Å². The number of rotatable bonds is 13. The minimum absolute atomic E-state index is 0.00998. The van der Waals surface area contributed by atoms with Gasteiger partial charge in [-0.15, -0.1) is 0 Å². The number of nitro benzene ring substituents is 1. The van der Waals surface area contributed by atoms with Crippen molar-refractivity contribution in [2.45, 2.75) is 62.0 Å². The van der Waals surface area contributed by atoms with Crippen LogP contribution in [0.4, 0.5) is 11.4 Å². The number of sulfonamides is 1. The lowest BCUT2D eigenvalue weighted by Gasteiger charge is -2.35. The zero-order chi connectivity index (χ0) is 34.1. The van der Waals surface area contributed by atoms with E-state index in [0.717, 1.165) is 52.0 Å². The Labute approximate surface area is 289 Å². The van der Waals surface area contributed by atoms with Crippen LogP contribution in [0.25, 0.3) is 0 Å². The first-order chi connectivity index (χ1) is 23.1. The molecule has 1 saturated carbocycles. The van der Waals surface area contributed by atoms with E-state index in [4.69, 9.17) is 0 Å². The van der Waals surface area contributed by atoms with Crippen molar-refractivity contribution in [3.05, 3.63) is 135 Å². The minimum Gasteiger partial charge on any atom is -0.352 e. The maximum atomic E-state index is 14.6. The van der Waals surface area contributed by atoms with E-state index in [2.05, 4.69) is 21.2 Å². The maximum absolute atomic E-state index is 14.6. The number of amides is 2. The molecule has 0 spiro atoms. The van der Waals surface area contributed by atoms with Crippen molar-refractivity contribution >= 4 is 49.1 Å². The quantitative estimate of drug-likeness (QED) is 0.121. The number of hydrogen-bond acceptors (Lipinski definition) is 6. The predicted molar refractivity (Wildman–Crippen MR) is 188 cm³/mol. The highest BCUT2D eigenvalue weighted by atomic mass is 79.9. The van der Waals surface area contributed by atoms with E-state index in [1.165, 1.54) is 41.3 Å². The van der Waals surface area contributed by atoms with E-state index >= 15 is 0 Å². The Kier molecular flexibility index (Phi) is 11.6. The number of anilines is 1. The number of halogens is 1. The Morgan fingerprint density at radius 2 is 1.44 bits per heavy atom. The summed E-state index contributed by atoms with van der Waals surface area (Å²) in [5.74, 6) is -0.903. The van der Waals surface area contributed by atoms with Gasteiger partial charge < -0.3 is 10.2 Å². The van der Waals surface area contributed by atoms with Gasteiger partial charge in [-0.3, -0.25) is 24.0 Å². The number of nitrogens with one attached hydrogen (secondary N) is 1. The molecule has 1 aliphatic carbocycles. The molecule has 250 valence electrons. The highest BCUT2D eigenvalue weighted by Crippen LogP contribution is 2.27. The van der Waals surface area contributed by atoms with E-state index in [-0.39, 0.29) is 41.2 Å². The van der Waals surface area contributed by atoms with Gasteiger partial charge in [-0.25, -0.2) is 8.42 Å². The maximum Gasteiger partial charge on any atom is 0.269 e. The summed E-state index contributed by atoms with van der Waals surface area (Å²) in [7, 11) is -4.31. The molecule has 4 aromatic carbocycles. The summed E-state index contributed by atoms with van der Waals surface area (Å²) in [6, 6.07) is 28.5. The summed E-state index contributed by atoms with van der Waals surface area (Å²) < 4.78 is 30.0. The number of hydrogen-bond donors (Lipinski definition) is 1. The Hall–Kier alpha value is -4.55. The minimum atomic E-state index is -4.31. The third-order valence-electron chi connectivity index (χ3n) is 8.45. The fourth-order valence-electron chi connectivity index (χ4n) is 5.87. The third kappa shape index (κ3) is 8.87. The van der Waals surface area contributed by atoms with Crippen LogP contribution in [0.15, 0.2) is 119 Å². The lowest BCUT2D eigenvalue weighted by molar-refractivity contribution is -0.384. The lowest BCUT2D eigenvalue weighted by Crippen LogP contribution is -2.55. The van der Waals surface area contributed by atoms with Gasteiger partial charge in [-0.2, -0.15) is 0 Å². The van der Waals surface area contributed by atoms with Gasteiger partial charge in [0, 0.05) is 35.6 Å². The van der Waals surface area contributed by atoms with Crippen LogP contribution in [0.5, 0.6) is 0 Å². The molecule has 0 heterocycles. The zero-order valence-corrected chi connectivity index (χ0v) is 28.7. The molecule has 0 radical (unpaired) electrons. The normalized spacial score (nSPS) is 14.1. The van der Waals surface area contributed by atoms with Crippen LogP contribution in [0, 0.1) is 10.1 Å². The SMILES string of the molecule is O=C(NC1CCCCC1)[C@H](Cc1ccccc1)N(Cc1ccc(Br)cc1)C(=O)CN(c1ccc([N+](=O)[O-])cc1)S(=O)(=O)c1ccccc1. The molecule has 48 heavy (non-hydrogen) atoms. The molecule has 0 unspecified atom stereocenters. The first-order valence-corrected chi connectivity index (χ1v) is 18.1. The standard InChI is InChI=1S/C36H37BrN4O6S/c37-29-18-16-28(17-19-29)25-39(34(24-27-10-4-1-5-11-27)36(43)38-30-12-6-2-7-13-30)35(42)26-40(31-20-22-32(23-21-31)41(44)45)48(46,47)33-14-8-3-9-15-33/h1,3-5,8-11,14-23,30,34H,2,6-7,12-13,24-26H2,(H,38,43)/t34-/m0/s1. The highest BCUT2D eigenvalue weighted by molar-refractivity contribution is 9.10. The molecular weight excluding hydrogens is 696 g/mol. The summed E-state index contributed by atoms with van der Waals surface area (Å²) in [5, 5.41) is 14.6. The van der Waals surface area contributed by atoms with Gasteiger partial charge in [-0.1, -0.05) is 95.9 Å². The molecule has 1 aliphatic rings. The summed E-state index contributed by atoms with van der Waals surface area (Å²) in [6.07, 6.45) is 5.06. The van der Waals surface area contributed by atoms with Crippen molar-refractivity contribution in [1.29, 1.82) is 0 Å². The Morgan fingerprint density at radius 1 is 0.833 bits per heavy atom. The summed E-state index contributed by atoms with van der Waals surface area (Å²) in [5.41, 5.74) is 1.45. The molecule has 1 atom stereocenters. The first kappa shape index (κ1) is 34.8. The van der Waals surface area contributed by atoms with Crippen LogP contribution in [-0.4, -0.2) is 48.7 Å². The monoisotopic (exact) mass is 732 g/mol. The molecule has 0 aliphatic heterocycles. The zero-order valence-electron chi connectivity index (χ0n) is 26.3. The fraction of sp³-hybridized carbons (Fsp3) is 0.278. The largest absolute Gasteiger partial charge is 0.352 e. The third-order valence-corrected chi connectivity index (χ3v) is 10.8. The number of nitrogens with zero attached hydrogens (tertiary/aromatic N) is 3. The van der Waals surface area contributed by atoms with Crippen molar-refractivity contribution < 1.29 is 22.9 Å². The van der Waals surface area contributed by atoms with Gasteiger partial charge in [0.25, 0.3) is 15.7 Å². The van der Waals surface area contributed by atoms with Crippen molar-refractivity contribution in [2.24, 2.45) is 0 Å². The average molecular weight is 734 g/mol. The van der Waals surface area contributed by atoms with Gasteiger partial charge in [0.05, 0.1) is 15.5 Å². The molecule has 5 rings (SSSR count). The van der Waals surface area contributed by atoms with Crippen molar-refractivity contribution in [1.82, 2.24) is 10.2 Å². The first-order valence-electron chi connectivity index (χ1n) is 15.8. The lowest BCUT2D eigenvalue weighted by atomic mass is 9.94. The predicted octanol–water partition coefficient (Wildman–Crippen LogP) is 6.64. The summed E-state index contributed by atoms with van der Waals surface area (Å²) in [6.45, 7) is -0.602. The van der Waals surface area contributed by atoms with Crippen LogP contribution >= 0.6 is 15.9 Å². The topological polar surface area (TPSA) is 130 Å². The number of benzene rings is 4. The highest BCUT2D eigenvalue weighted by Gasteiger charge is 2.35. The molecule has 0 aromatic heterocycles. The fourth-order valence-corrected chi connectivity index (χ4v) is 7.57. The second-order valence-corrected chi connectivity index (χ2v) is 14.6. The molecule has 0 bridgehead atoms. The van der Waals surface area contributed by atoms with Crippen molar-refractivity contribution in [3.8, 4) is 0 Å². The van der Waals surface area contributed by atoms with Gasteiger partial charge in [0.2, 0.25) is 11.8 Å². The van der Waals surface area contributed by atoms with E-state index in [9.17, 15) is 28.1 Å². The summed E-state index contributed by atoms with van der Waals surface area (Å²) in [4.78, 5) is 41.0. The van der Waals surface area contributed by atoms with Gasteiger partial charge in [-0.05, 0) is 60.4 Å². The average Bonchev–Trinajstić information content (AvgIpc) is 3.10. The Bertz CT molecular complexity index is 1800. The number of carbonyl (C=O) groups is 2. The number of non-ortho nitro benzene ring substituents is 1. The van der Waals surface area contributed by atoms with Crippen LogP contribution in [0.3, 0.4) is 0 Å². The van der Waals surface area contributed by atoms with E-state index < -0.39 is 33.4 Å². The second kappa shape index (κ2) is 16.0. The molecule has 2 amide bonds. The van der Waals surface area contributed by atoms with E-state index in [0.29, 0.717) is 0 Å². The van der Waals surface area contributed by atoms with E-state index in [1.54, 1.807) is 18.2 Å². The number of nitro groups is 1. The van der Waals surface area contributed by atoms with Gasteiger partial charge in [0.1, 0.15) is 12.6 Å². The molecular formula is C36H37BrN4O6S. The number of carbonyl (C=O) groups excluding carboxylic acids is 2. The molecule has 1 fully saturated rings. The van der Waals surface area contributed by atoms with Gasteiger partial charge >= 0.3 is 0 Å². The smallest absolute Gasteiger partial charge is 0.269 e. The molecule has 0 saturated heterocycles. The van der Waals surface area contributed by atoms with Crippen LogP contribution in [-0.2, 0) is 32.6 Å². The molecule has 12 heteroatoms. The van der Waals surface area contributed by atoms with E-state index in [1.807, 2.05) is 54.6 Å². The molecule has 10 nitrogen and oxygen atoms in total. The van der Waals surface area contributed by atoms with Crippen molar-refractivity contribution in [3.63, 3.8) is 0 Å². The van der Waals surface area contributed by atoms with Gasteiger partial charge in [0.15, 0.2) is 0 Å². The Balaban J connectivity index is 1.56. The second-order valence-electron chi connectivity index (χ2n) is 11.8. The Morgan fingerprint density at radius 3 is 2.04 bits per heavy atom. The van der Waals surface area contributed by atoms with Crippen LogP contribution in [0.2, 0.25) is 0 Å². The molecule has 1 N–H and O–H groups in total.